The topological polar surface area (TPSA) is 63.7 Å². The maximum Gasteiger partial charge on any atom is 0.222 e. The second-order valence-electron chi connectivity index (χ2n) is 5.43. The second kappa shape index (κ2) is 6.47. The number of rotatable bonds is 5. The third kappa shape index (κ3) is 4.20. The molecule has 0 aliphatic carbocycles. The van der Waals surface area contributed by atoms with Crippen molar-refractivity contribution in [2.45, 2.75) is 24.5 Å². The Morgan fingerprint density at radius 3 is 2.52 bits per heavy atom. The van der Waals surface area contributed by atoms with Crippen molar-refractivity contribution >= 4 is 15.7 Å². The minimum atomic E-state index is -3.05. The van der Waals surface area contributed by atoms with Crippen LogP contribution >= 0.6 is 0 Å². The molecular formula is C15H21NO4S. The van der Waals surface area contributed by atoms with Gasteiger partial charge in [0.15, 0.2) is 9.84 Å². The van der Waals surface area contributed by atoms with Crippen molar-refractivity contribution in [1.82, 2.24) is 4.90 Å². The molecule has 116 valence electrons. The number of amides is 1. The summed E-state index contributed by atoms with van der Waals surface area (Å²) in [6.45, 7) is 0.874. The summed E-state index contributed by atoms with van der Waals surface area (Å²) in [6, 6.07) is 7.62. The molecule has 0 spiro atoms. The summed E-state index contributed by atoms with van der Waals surface area (Å²) >= 11 is 0. The molecule has 21 heavy (non-hydrogen) atoms. The van der Waals surface area contributed by atoms with E-state index in [1.165, 1.54) is 6.26 Å². The van der Waals surface area contributed by atoms with Crippen LogP contribution in [0.3, 0.4) is 0 Å². The van der Waals surface area contributed by atoms with Crippen LogP contribution in [0.1, 0.15) is 18.4 Å². The Bertz CT molecular complexity index is 595. The summed E-state index contributed by atoms with van der Waals surface area (Å²) in [6.07, 6.45) is 2.85. The van der Waals surface area contributed by atoms with Gasteiger partial charge in [-0.25, -0.2) is 8.42 Å². The largest absolute Gasteiger partial charge is 0.497 e. The molecule has 1 heterocycles. The molecule has 1 fully saturated rings. The molecule has 0 saturated carbocycles. The third-order valence-corrected chi connectivity index (χ3v) is 5.49. The Morgan fingerprint density at radius 2 is 2.00 bits per heavy atom. The Hall–Kier alpha value is -1.56. The van der Waals surface area contributed by atoms with E-state index >= 15 is 0 Å². The molecule has 1 aliphatic heterocycles. The average molecular weight is 311 g/mol. The highest BCUT2D eigenvalue weighted by molar-refractivity contribution is 7.91. The first-order valence-corrected chi connectivity index (χ1v) is 8.95. The fourth-order valence-electron chi connectivity index (χ4n) is 2.51. The monoisotopic (exact) mass is 311 g/mol. The molecule has 1 amide bonds. The number of methoxy groups -OCH3 is 1. The van der Waals surface area contributed by atoms with E-state index < -0.39 is 15.1 Å². The zero-order valence-electron chi connectivity index (χ0n) is 12.4. The van der Waals surface area contributed by atoms with E-state index in [0.717, 1.165) is 11.3 Å². The average Bonchev–Trinajstić information content (AvgIpc) is 2.95. The van der Waals surface area contributed by atoms with Crippen molar-refractivity contribution in [2.24, 2.45) is 0 Å². The van der Waals surface area contributed by atoms with Gasteiger partial charge >= 0.3 is 0 Å². The quantitative estimate of drug-likeness (QED) is 0.821. The van der Waals surface area contributed by atoms with Crippen molar-refractivity contribution in [3.05, 3.63) is 29.8 Å². The number of carbonyl (C=O) groups excluding carboxylic acids is 1. The van der Waals surface area contributed by atoms with Gasteiger partial charge in [-0.15, -0.1) is 0 Å². The number of benzene rings is 1. The van der Waals surface area contributed by atoms with Gasteiger partial charge in [0.1, 0.15) is 5.75 Å². The Kier molecular flexibility index (Phi) is 4.88. The lowest BCUT2D eigenvalue weighted by Crippen LogP contribution is -2.31. The fourth-order valence-corrected chi connectivity index (χ4v) is 3.49. The summed E-state index contributed by atoms with van der Waals surface area (Å²) in [7, 11) is -1.44. The number of ether oxygens (including phenoxy) is 1. The summed E-state index contributed by atoms with van der Waals surface area (Å²) in [4.78, 5) is 13.8. The highest BCUT2D eigenvalue weighted by Crippen LogP contribution is 2.18. The number of carbonyl (C=O) groups is 1. The molecule has 0 N–H and O–H groups in total. The van der Waals surface area contributed by atoms with E-state index in [4.69, 9.17) is 4.74 Å². The molecule has 1 saturated heterocycles. The zero-order chi connectivity index (χ0) is 15.5. The van der Waals surface area contributed by atoms with Gasteiger partial charge < -0.3 is 9.64 Å². The lowest BCUT2D eigenvalue weighted by Gasteiger charge is -2.16. The smallest absolute Gasteiger partial charge is 0.222 e. The van der Waals surface area contributed by atoms with E-state index in [2.05, 4.69) is 0 Å². The number of nitrogens with zero attached hydrogens (tertiary/aromatic N) is 1. The van der Waals surface area contributed by atoms with Crippen LogP contribution in [-0.4, -0.2) is 50.9 Å². The molecular weight excluding hydrogens is 290 g/mol. The van der Waals surface area contributed by atoms with Gasteiger partial charge in [-0.2, -0.15) is 0 Å². The van der Waals surface area contributed by atoms with E-state index in [0.29, 0.717) is 32.4 Å². The molecule has 1 atom stereocenters. The predicted octanol–water partition coefficient (Wildman–Crippen LogP) is 1.27. The summed E-state index contributed by atoms with van der Waals surface area (Å²) in [5.74, 6) is 0.817. The molecule has 1 aromatic rings. The number of sulfone groups is 1. The van der Waals surface area contributed by atoms with Crippen molar-refractivity contribution in [3.63, 3.8) is 0 Å². The number of aryl methyl sites for hydroxylation is 1. The van der Waals surface area contributed by atoms with Crippen molar-refractivity contribution in [2.75, 3.05) is 26.5 Å². The normalized spacial score (nSPS) is 18.8. The molecule has 0 aromatic heterocycles. The number of likely N-dealkylation sites (tertiary alicyclic amines) is 1. The Morgan fingerprint density at radius 1 is 1.33 bits per heavy atom. The van der Waals surface area contributed by atoms with Crippen LogP contribution in [-0.2, 0) is 21.1 Å². The van der Waals surface area contributed by atoms with Gasteiger partial charge in [-0.05, 0) is 30.5 Å². The van der Waals surface area contributed by atoms with Gasteiger partial charge in [0.05, 0.1) is 12.4 Å². The molecule has 6 heteroatoms. The van der Waals surface area contributed by atoms with Crippen LogP contribution in [0.2, 0.25) is 0 Å². The maximum atomic E-state index is 12.1. The van der Waals surface area contributed by atoms with Gasteiger partial charge in [0.2, 0.25) is 5.91 Å². The van der Waals surface area contributed by atoms with E-state index in [1.807, 2.05) is 24.3 Å². The minimum absolute atomic E-state index is 0.0250. The van der Waals surface area contributed by atoms with E-state index in [-0.39, 0.29) is 5.91 Å². The SMILES string of the molecule is COc1ccc(CCC(=O)N2CC[C@@H](S(C)(=O)=O)C2)cc1. The van der Waals surface area contributed by atoms with Crippen LogP contribution in [0.15, 0.2) is 24.3 Å². The van der Waals surface area contributed by atoms with Gasteiger partial charge in [0, 0.05) is 25.8 Å². The zero-order valence-corrected chi connectivity index (χ0v) is 13.2. The highest BCUT2D eigenvalue weighted by atomic mass is 32.2. The van der Waals surface area contributed by atoms with Crippen molar-refractivity contribution in [1.29, 1.82) is 0 Å². The van der Waals surface area contributed by atoms with Crippen LogP contribution < -0.4 is 4.74 Å². The van der Waals surface area contributed by atoms with Gasteiger partial charge in [-0.3, -0.25) is 4.79 Å². The maximum absolute atomic E-state index is 12.1. The van der Waals surface area contributed by atoms with Crippen LogP contribution in [0, 0.1) is 0 Å². The predicted molar refractivity (Wildman–Crippen MR) is 81.1 cm³/mol. The van der Waals surface area contributed by atoms with Crippen LogP contribution in [0.25, 0.3) is 0 Å². The van der Waals surface area contributed by atoms with Crippen molar-refractivity contribution < 1.29 is 17.9 Å². The molecule has 0 radical (unpaired) electrons. The number of hydrogen-bond acceptors (Lipinski definition) is 4. The minimum Gasteiger partial charge on any atom is -0.497 e. The second-order valence-corrected chi connectivity index (χ2v) is 7.75. The first kappa shape index (κ1) is 15.8. The molecule has 0 bridgehead atoms. The van der Waals surface area contributed by atoms with E-state index in [1.54, 1.807) is 12.0 Å². The first-order valence-electron chi connectivity index (χ1n) is 6.99. The first-order chi connectivity index (χ1) is 9.90. The molecule has 1 aliphatic rings. The lowest BCUT2D eigenvalue weighted by atomic mass is 10.1. The molecule has 0 unspecified atom stereocenters. The lowest BCUT2D eigenvalue weighted by molar-refractivity contribution is -0.130. The van der Waals surface area contributed by atoms with Crippen molar-refractivity contribution in [3.8, 4) is 5.75 Å². The Balaban J connectivity index is 1.85. The summed E-state index contributed by atoms with van der Waals surface area (Å²) in [5, 5.41) is -0.401. The molecule has 5 nitrogen and oxygen atoms in total. The Labute approximate surface area is 125 Å². The number of hydrogen-bond donors (Lipinski definition) is 0. The van der Waals surface area contributed by atoms with Crippen LogP contribution in [0.5, 0.6) is 5.75 Å². The molecule has 2 rings (SSSR count). The summed E-state index contributed by atoms with van der Waals surface area (Å²) in [5.41, 5.74) is 1.07. The molecule has 1 aromatic carbocycles. The highest BCUT2D eigenvalue weighted by Gasteiger charge is 2.32. The third-order valence-electron chi connectivity index (χ3n) is 3.89. The summed E-state index contributed by atoms with van der Waals surface area (Å²) < 4.78 is 28.1. The van der Waals surface area contributed by atoms with Gasteiger partial charge in [-0.1, -0.05) is 12.1 Å². The fraction of sp³-hybridized carbons (Fsp3) is 0.533. The van der Waals surface area contributed by atoms with Gasteiger partial charge in [0.25, 0.3) is 0 Å². The van der Waals surface area contributed by atoms with E-state index in [9.17, 15) is 13.2 Å². The van der Waals surface area contributed by atoms with Crippen LogP contribution in [0.4, 0.5) is 0 Å². The standard InChI is InChI=1S/C15H21NO4S/c1-20-13-6-3-12(4-7-13)5-8-15(17)16-10-9-14(11-16)21(2,18)19/h3-4,6-7,14H,5,8-11H2,1-2H3/t14-/m1/s1.